The van der Waals surface area contributed by atoms with E-state index in [9.17, 15) is 9.59 Å². The zero-order valence-electron chi connectivity index (χ0n) is 15.7. The van der Waals surface area contributed by atoms with Gasteiger partial charge in [-0.2, -0.15) is 0 Å². The maximum Gasteiger partial charge on any atom is 0.310 e. The van der Waals surface area contributed by atoms with Crippen LogP contribution in [-0.2, 0) is 20.7 Å². The first-order chi connectivity index (χ1) is 13.2. The Balaban J connectivity index is 1.79. The number of rotatable bonds is 6. The van der Waals surface area contributed by atoms with Crippen LogP contribution in [0.25, 0.3) is 0 Å². The summed E-state index contributed by atoms with van der Waals surface area (Å²) < 4.78 is 5.16. The Morgan fingerprint density at radius 1 is 1.19 bits per heavy atom. The molecule has 0 N–H and O–H groups in total. The SMILES string of the molecule is CCOC(=O)C1CCCN(C(=O)C(Cc2ccccn2)c2ccccc2)C1. The predicted molar refractivity (Wildman–Crippen MR) is 103 cm³/mol. The molecule has 0 bridgehead atoms. The minimum absolute atomic E-state index is 0.0563. The molecule has 2 unspecified atom stereocenters. The van der Waals surface area contributed by atoms with Crippen LogP contribution in [0.15, 0.2) is 54.7 Å². The van der Waals surface area contributed by atoms with Gasteiger partial charge in [-0.1, -0.05) is 36.4 Å². The molecule has 0 aliphatic carbocycles. The number of piperidine rings is 1. The lowest BCUT2D eigenvalue weighted by Crippen LogP contribution is -2.45. The van der Waals surface area contributed by atoms with Gasteiger partial charge in [-0.05, 0) is 37.5 Å². The molecule has 1 aromatic heterocycles. The second-order valence-corrected chi connectivity index (χ2v) is 6.86. The summed E-state index contributed by atoms with van der Waals surface area (Å²) in [5, 5.41) is 0. The first-order valence-corrected chi connectivity index (χ1v) is 9.59. The first kappa shape index (κ1) is 19.1. The van der Waals surface area contributed by atoms with E-state index in [1.54, 1.807) is 6.20 Å². The topological polar surface area (TPSA) is 59.5 Å². The van der Waals surface area contributed by atoms with Crippen molar-refractivity contribution in [3.8, 4) is 0 Å². The second-order valence-electron chi connectivity index (χ2n) is 6.86. The van der Waals surface area contributed by atoms with Crippen molar-refractivity contribution < 1.29 is 14.3 Å². The van der Waals surface area contributed by atoms with E-state index in [2.05, 4.69) is 4.98 Å². The largest absolute Gasteiger partial charge is 0.466 e. The van der Waals surface area contributed by atoms with E-state index in [0.717, 1.165) is 24.1 Å². The fraction of sp³-hybridized carbons (Fsp3) is 0.409. The number of esters is 1. The lowest BCUT2D eigenvalue weighted by atomic mass is 9.90. The third-order valence-electron chi connectivity index (χ3n) is 4.99. The minimum atomic E-state index is -0.304. The van der Waals surface area contributed by atoms with Gasteiger partial charge < -0.3 is 9.64 Å². The van der Waals surface area contributed by atoms with Gasteiger partial charge in [0.2, 0.25) is 5.91 Å². The zero-order chi connectivity index (χ0) is 19.1. The summed E-state index contributed by atoms with van der Waals surface area (Å²) >= 11 is 0. The van der Waals surface area contributed by atoms with Gasteiger partial charge in [0.15, 0.2) is 0 Å². The van der Waals surface area contributed by atoms with E-state index < -0.39 is 0 Å². The number of hydrogen-bond donors (Lipinski definition) is 0. The minimum Gasteiger partial charge on any atom is -0.466 e. The highest BCUT2D eigenvalue weighted by Crippen LogP contribution is 2.26. The molecule has 2 aromatic rings. The zero-order valence-corrected chi connectivity index (χ0v) is 15.7. The average molecular weight is 366 g/mol. The molecule has 1 amide bonds. The van der Waals surface area contributed by atoms with Crippen molar-refractivity contribution in [3.63, 3.8) is 0 Å². The van der Waals surface area contributed by atoms with Gasteiger partial charge >= 0.3 is 5.97 Å². The van der Waals surface area contributed by atoms with E-state index >= 15 is 0 Å². The Morgan fingerprint density at radius 2 is 1.96 bits per heavy atom. The monoisotopic (exact) mass is 366 g/mol. The fourth-order valence-electron chi connectivity index (χ4n) is 3.61. The van der Waals surface area contributed by atoms with Crippen molar-refractivity contribution >= 4 is 11.9 Å². The van der Waals surface area contributed by atoms with Crippen LogP contribution in [0.4, 0.5) is 0 Å². The molecule has 0 saturated carbocycles. The molecular weight excluding hydrogens is 340 g/mol. The van der Waals surface area contributed by atoms with Gasteiger partial charge in [0.05, 0.1) is 18.4 Å². The molecule has 27 heavy (non-hydrogen) atoms. The molecule has 2 atom stereocenters. The summed E-state index contributed by atoms with van der Waals surface area (Å²) in [4.78, 5) is 31.7. The number of carbonyl (C=O) groups is 2. The molecule has 1 aliphatic heterocycles. The third kappa shape index (κ3) is 4.94. The molecule has 142 valence electrons. The number of likely N-dealkylation sites (tertiary alicyclic amines) is 1. The number of benzene rings is 1. The Labute approximate surface area is 160 Å². The first-order valence-electron chi connectivity index (χ1n) is 9.59. The molecular formula is C22H26N2O3. The molecule has 1 fully saturated rings. The molecule has 1 aliphatic rings. The van der Waals surface area contributed by atoms with Crippen LogP contribution in [0.3, 0.4) is 0 Å². The van der Waals surface area contributed by atoms with E-state index in [-0.39, 0.29) is 23.7 Å². The number of aromatic nitrogens is 1. The quantitative estimate of drug-likeness (QED) is 0.737. The summed E-state index contributed by atoms with van der Waals surface area (Å²) in [6.45, 7) is 3.29. The molecule has 5 nitrogen and oxygen atoms in total. The smallest absolute Gasteiger partial charge is 0.310 e. The fourth-order valence-corrected chi connectivity index (χ4v) is 3.61. The predicted octanol–water partition coefficient (Wildman–Crippen LogP) is 3.21. The molecule has 1 aromatic carbocycles. The van der Waals surface area contributed by atoms with Crippen molar-refractivity contribution in [2.75, 3.05) is 19.7 Å². The summed E-state index contributed by atoms with van der Waals surface area (Å²) in [6, 6.07) is 15.6. The third-order valence-corrected chi connectivity index (χ3v) is 4.99. The standard InChI is InChI=1S/C22H26N2O3/c1-2-27-22(26)18-11-8-14-24(16-18)21(25)20(17-9-4-3-5-10-17)15-19-12-6-7-13-23-19/h3-7,9-10,12-13,18,20H,2,8,11,14-16H2,1H3. The normalized spacial score (nSPS) is 18.0. The number of pyridine rings is 1. The Bertz CT molecular complexity index is 749. The van der Waals surface area contributed by atoms with Gasteiger partial charge in [-0.15, -0.1) is 0 Å². The van der Waals surface area contributed by atoms with Crippen LogP contribution in [0, 0.1) is 5.92 Å². The van der Waals surface area contributed by atoms with Crippen LogP contribution >= 0.6 is 0 Å². The van der Waals surface area contributed by atoms with Crippen molar-refractivity contribution in [1.29, 1.82) is 0 Å². The van der Waals surface area contributed by atoms with Crippen molar-refractivity contribution in [2.45, 2.75) is 32.1 Å². The number of amides is 1. The summed E-state index contributed by atoms with van der Waals surface area (Å²) in [6.07, 6.45) is 3.89. The van der Waals surface area contributed by atoms with Crippen molar-refractivity contribution in [2.24, 2.45) is 5.92 Å². The summed E-state index contributed by atoms with van der Waals surface area (Å²) in [5.74, 6) is -0.673. The van der Waals surface area contributed by atoms with Crippen molar-refractivity contribution in [3.05, 3.63) is 66.0 Å². The van der Waals surface area contributed by atoms with Gasteiger partial charge in [-0.25, -0.2) is 0 Å². The number of carbonyl (C=O) groups excluding carboxylic acids is 2. The van der Waals surface area contributed by atoms with Gasteiger partial charge in [0, 0.05) is 31.4 Å². The van der Waals surface area contributed by atoms with Crippen LogP contribution in [0.1, 0.15) is 36.9 Å². The maximum absolute atomic E-state index is 13.4. The highest BCUT2D eigenvalue weighted by atomic mass is 16.5. The van der Waals surface area contributed by atoms with Crippen LogP contribution < -0.4 is 0 Å². The molecule has 3 rings (SSSR count). The van der Waals surface area contributed by atoms with Crippen molar-refractivity contribution in [1.82, 2.24) is 9.88 Å². The maximum atomic E-state index is 13.4. The molecule has 2 heterocycles. The van der Waals surface area contributed by atoms with Crippen LogP contribution in [-0.4, -0.2) is 41.5 Å². The van der Waals surface area contributed by atoms with Crippen LogP contribution in [0.5, 0.6) is 0 Å². The Morgan fingerprint density at radius 3 is 2.67 bits per heavy atom. The van der Waals surface area contributed by atoms with Gasteiger partial charge in [-0.3, -0.25) is 14.6 Å². The average Bonchev–Trinajstić information content (AvgIpc) is 2.73. The highest BCUT2D eigenvalue weighted by molar-refractivity contribution is 5.85. The molecule has 5 heteroatoms. The summed E-state index contributed by atoms with van der Waals surface area (Å²) in [7, 11) is 0. The molecule has 0 radical (unpaired) electrons. The van der Waals surface area contributed by atoms with E-state index in [1.165, 1.54) is 0 Å². The van der Waals surface area contributed by atoms with E-state index in [0.29, 0.717) is 26.1 Å². The van der Waals surface area contributed by atoms with E-state index in [4.69, 9.17) is 4.74 Å². The summed E-state index contributed by atoms with van der Waals surface area (Å²) in [5.41, 5.74) is 1.87. The Kier molecular flexibility index (Phi) is 6.58. The second kappa shape index (κ2) is 9.31. The lowest BCUT2D eigenvalue weighted by Gasteiger charge is -2.34. The number of hydrogen-bond acceptors (Lipinski definition) is 4. The lowest BCUT2D eigenvalue weighted by molar-refractivity contribution is -0.151. The molecule has 0 spiro atoms. The Hall–Kier alpha value is -2.69. The van der Waals surface area contributed by atoms with Gasteiger partial charge in [0.1, 0.15) is 0 Å². The van der Waals surface area contributed by atoms with E-state index in [1.807, 2.05) is 60.4 Å². The molecule has 1 saturated heterocycles. The number of nitrogens with zero attached hydrogens (tertiary/aromatic N) is 2. The number of ether oxygens (including phenoxy) is 1. The van der Waals surface area contributed by atoms with Gasteiger partial charge in [0.25, 0.3) is 0 Å². The highest BCUT2D eigenvalue weighted by Gasteiger charge is 2.33. The van der Waals surface area contributed by atoms with Crippen LogP contribution in [0.2, 0.25) is 0 Å².